The molecule has 0 aliphatic heterocycles. The quantitative estimate of drug-likeness (QED) is 0.360. The topological polar surface area (TPSA) is 131 Å². The molecule has 0 heterocycles. The Morgan fingerprint density at radius 3 is 1.76 bits per heavy atom. The molecule has 3 aromatic rings. The van der Waals surface area contributed by atoms with E-state index in [0.29, 0.717) is 28.2 Å². The number of carbonyl (C=O) groups excluding carboxylic acids is 3. The van der Waals surface area contributed by atoms with Crippen molar-refractivity contribution in [3.05, 3.63) is 83.9 Å². The Bertz CT molecular complexity index is 1290. The molecule has 0 aromatic heterocycles. The van der Waals surface area contributed by atoms with Crippen LogP contribution in [0.25, 0.3) is 0 Å². The zero-order chi connectivity index (χ0) is 24.0. The minimum Gasteiger partial charge on any atom is -0.427 e. The number of hydrogen-bond donors (Lipinski definition) is 3. The van der Waals surface area contributed by atoms with Crippen LogP contribution in [0.3, 0.4) is 0 Å². The van der Waals surface area contributed by atoms with Crippen molar-refractivity contribution < 1.29 is 27.5 Å². The van der Waals surface area contributed by atoms with Gasteiger partial charge in [0.25, 0.3) is 11.8 Å². The van der Waals surface area contributed by atoms with Gasteiger partial charge in [-0.2, -0.15) is 0 Å². The zero-order valence-electron chi connectivity index (χ0n) is 17.8. The van der Waals surface area contributed by atoms with Crippen LogP contribution in [0.2, 0.25) is 0 Å². The number of hydrogen-bond acceptors (Lipinski definition) is 6. The molecule has 0 radical (unpaired) electrons. The van der Waals surface area contributed by atoms with Gasteiger partial charge in [0.2, 0.25) is 10.0 Å². The number of anilines is 3. The van der Waals surface area contributed by atoms with Gasteiger partial charge in [0.05, 0.1) is 6.26 Å². The Balaban J connectivity index is 1.60. The number of esters is 1. The van der Waals surface area contributed by atoms with Gasteiger partial charge >= 0.3 is 5.97 Å². The summed E-state index contributed by atoms with van der Waals surface area (Å²) in [6, 6.07) is 18.7. The summed E-state index contributed by atoms with van der Waals surface area (Å²) in [4.78, 5) is 35.9. The summed E-state index contributed by atoms with van der Waals surface area (Å²) in [5.74, 6) is -0.969. The van der Waals surface area contributed by atoms with Gasteiger partial charge in [-0.1, -0.05) is 6.07 Å². The van der Waals surface area contributed by atoms with E-state index in [2.05, 4.69) is 15.4 Å². The van der Waals surface area contributed by atoms with Crippen molar-refractivity contribution in [2.75, 3.05) is 21.6 Å². The van der Waals surface area contributed by atoms with E-state index in [-0.39, 0.29) is 17.6 Å². The lowest BCUT2D eigenvalue weighted by atomic mass is 10.2. The van der Waals surface area contributed by atoms with Crippen LogP contribution in [0.1, 0.15) is 27.6 Å². The fourth-order valence-electron chi connectivity index (χ4n) is 2.81. The van der Waals surface area contributed by atoms with Crippen molar-refractivity contribution in [1.82, 2.24) is 0 Å². The molecule has 3 aromatic carbocycles. The largest absolute Gasteiger partial charge is 0.427 e. The van der Waals surface area contributed by atoms with Crippen LogP contribution in [0.4, 0.5) is 17.1 Å². The van der Waals surface area contributed by atoms with Crippen molar-refractivity contribution in [2.45, 2.75) is 6.92 Å². The monoisotopic (exact) mass is 467 g/mol. The highest BCUT2D eigenvalue weighted by Crippen LogP contribution is 2.18. The number of benzene rings is 3. The van der Waals surface area contributed by atoms with E-state index >= 15 is 0 Å². The predicted molar refractivity (Wildman–Crippen MR) is 125 cm³/mol. The fourth-order valence-corrected chi connectivity index (χ4v) is 3.38. The first-order valence-corrected chi connectivity index (χ1v) is 11.6. The molecule has 0 saturated heterocycles. The van der Waals surface area contributed by atoms with E-state index in [1.165, 1.54) is 37.3 Å². The third kappa shape index (κ3) is 7.18. The van der Waals surface area contributed by atoms with Gasteiger partial charge in [-0.05, 0) is 66.7 Å². The molecule has 0 fully saturated rings. The molecule has 3 rings (SSSR count). The van der Waals surface area contributed by atoms with Gasteiger partial charge in [0.1, 0.15) is 5.75 Å². The normalized spacial score (nSPS) is 10.7. The van der Waals surface area contributed by atoms with E-state index in [4.69, 9.17) is 4.74 Å². The lowest BCUT2D eigenvalue weighted by Crippen LogP contribution is -2.14. The molecule has 3 N–H and O–H groups in total. The van der Waals surface area contributed by atoms with E-state index in [1.54, 1.807) is 42.5 Å². The Morgan fingerprint density at radius 2 is 1.24 bits per heavy atom. The second kappa shape index (κ2) is 9.96. The first-order chi connectivity index (χ1) is 15.6. The van der Waals surface area contributed by atoms with Crippen molar-refractivity contribution in [1.29, 1.82) is 0 Å². The molecule has 0 unspecified atom stereocenters. The van der Waals surface area contributed by atoms with Gasteiger partial charge in [0.15, 0.2) is 0 Å². The molecule has 33 heavy (non-hydrogen) atoms. The number of ether oxygens (including phenoxy) is 1. The Hall–Kier alpha value is -4.18. The molecular formula is C23H21N3O6S. The van der Waals surface area contributed by atoms with Crippen molar-refractivity contribution in [3.63, 3.8) is 0 Å². The lowest BCUT2D eigenvalue weighted by molar-refractivity contribution is -0.131. The molecule has 0 bridgehead atoms. The summed E-state index contributed by atoms with van der Waals surface area (Å²) in [5, 5.41) is 5.45. The van der Waals surface area contributed by atoms with Gasteiger partial charge in [0, 0.05) is 35.1 Å². The van der Waals surface area contributed by atoms with Gasteiger partial charge in [-0.25, -0.2) is 8.42 Å². The van der Waals surface area contributed by atoms with Crippen LogP contribution in [0, 0.1) is 0 Å². The van der Waals surface area contributed by atoms with Crippen LogP contribution in [0.5, 0.6) is 5.75 Å². The highest BCUT2D eigenvalue weighted by Gasteiger charge is 2.10. The zero-order valence-corrected chi connectivity index (χ0v) is 18.6. The maximum atomic E-state index is 12.4. The third-order valence-electron chi connectivity index (χ3n) is 4.21. The molecular weight excluding hydrogens is 446 g/mol. The smallest absolute Gasteiger partial charge is 0.308 e. The number of rotatable bonds is 7. The average Bonchev–Trinajstić information content (AvgIpc) is 2.74. The molecule has 10 heteroatoms. The van der Waals surface area contributed by atoms with Crippen LogP contribution in [0.15, 0.2) is 72.8 Å². The summed E-state index contributed by atoms with van der Waals surface area (Å²) in [6.07, 6.45) is 1.04. The van der Waals surface area contributed by atoms with Crippen molar-refractivity contribution >= 4 is 44.9 Å². The molecule has 170 valence electrons. The van der Waals surface area contributed by atoms with Crippen molar-refractivity contribution in [2.24, 2.45) is 0 Å². The van der Waals surface area contributed by atoms with Crippen LogP contribution in [-0.2, 0) is 14.8 Å². The molecule has 0 aliphatic rings. The van der Waals surface area contributed by atoms with E-state index < -0.39 is 16.0 Å². The summed E-state index contributed by atoms with van der Waals surface area (Å²) >= 11 is 0. The second-order valence-corrected chi connectivity index (χ2v) is 8.81. The number of sulfonamides is 1. The number of carbonyl (C=O) groups is 3. The predicted octanol–water partition coefficient (Wildman–Crippen LogP) is 3.49. The molecule has 0 spiro atoms. The highest BCUT2D eigenvalue weighted by atomic mass is 32.2. The molecule has 2 amide bonds. The van der Waals surface area contributed by atoms with Gasteiger partial charge in [-0.3, -0.25) is 19.1 Å². The lowest BCUT2D eigenvalue weighted by Gasteiger charge is -2.09. The Morgan fingerprint density at radius 1 is 0.727 bits per heavy atom. The second-order valence-electron chi connectivity index (χ2n) is 7.06. The Kier molecular flexibility index (Phi) is 7.09. The van der Waals surface area contributed by atoms with Crippen LogP contribution >= 0.6 is 0 Å². The SMILES string of the molecule is CC(=O)Oc1cccc(C(=O)Nc2ccc(NC(=O)c3ccc(NS(C)(=O)=O)cc3)cc2)c1. The Labute approximate surface area is 190 Å². The minimum absolute atomic E-state index is 0.272. The van der Waals surface area contributed by atoms with E-state index in [9.17, 15) is 22.8 Å². The maximum absolute atomic E-state index is 12.4. The van der Waals surface area contributed by atoms with Gasteiger partial charge in [-0.15, -0.1) is 0 Å². The highest BCUT2D eigenvalue weighted by molar-refractivity contribution is 7.92. The maximum Gasteiger partial charge on any atom is 0.308 e. The first kappa shape index (κ1) is 23.5. The standard InChI is InChI=1S/C23H21N3O6S/c1-15(27)32-21-5-3-4-17(14-21)23(29)25-19-12-10-18(11-13-19)24-22(28)16-6-8-20(9-7-16)26-33(2,30)31/h3-14,26H,1-2H3,(H,24,28)(H,25,29). The van der Waals surface area contributed by atoms with E-state index in [0.717, 1.165) is 6.26 Å². The third-order valence-corrected chi connectivity index (χ3v) is 4.82. The summed E-state index contributed by atoms with van der Waals surface area (Å²) < 4.78 is 29.8. The number of amides is 2. The first-order valence-electron chi connectivity index (χ1n) is 9.68. The van der Waals surface area contributed by atoms with Crippen LogP contribution < -0.4 is 20.1 Å². The summed E-state index contributed by atoms with van der Waals surface area (Å²) in [6.45, 7) is 1.28. The van der Waals surface area contributed by atoms with Gasteiger partial charge < -0.3 is 15.4 Å². The summed E-state index contributed by atoms with van der Waals surface area (Å²) in [7, 11) is -3.40. The van der Waals surface area contributed by atoms with Crippen LogP contribution in [-0.4, -0.2) is 32.5 Å². The van der Waals surface area contributed by atoms with Crippen molar-refractivity contribution in [3.8, 4) is 5.75 Å². The molecule has 9 nitrogen and oxygen atoms in total. The minimum atomic E-state index is -3.40. The molecule has 0 aliphatic carbocycles. The average molecular weight is 468 g/mol. The van der Waals surface area contributed by atoms with E-state index in [1.807, 2.05) is 0 Å². The molecule has 0 saturated carbocycles. The molecule has 0 atom stereocenters. The summed E-state index contributed by atoms with van der Waals surface area (Å²) in [5.41, 5.74) is 2.03. The fraction of sp³-hybridized carbons (Fsp3) is 0.0870. The number of nitrogens with one attached hydrogen (secondary N) is 3.